The highest BCUT2D eigenvalue weighted by atomic mass is 32.2. The van der Waals surface area contributed by atoms with E-state index in [1.165, 1.54) is 6.07 Å². The predicted octanol–water partition coefficient (Wildman–Crippen LogP) is 3.70. The van der Waals surface area contributed by atoms with E-state index in [9.17, 15) is 13.2 Å². The third-order valence-corrected chi connectivity index (χ3v) is 6.60. The fraction of sp³-hybridized carbons (Fsp3) is 0.294. The largest absolute Gasteiger partial charge is 0.278 e. The molecule has 1 aromatic carbocycles. The molecule has 1 amide bonds. The number of sulfonamides is 1. The Kier molecular flexibility index (Phi) is 6.33. The van der Waals surface area contributed by atoms with E-state index in [2.05, 4.69) is 15.2 Å². The van der Waals surface area contributed by atoms with Gasteiger partial charge in [0.05, 0.1) is 11.3 Å². The van der Waals surface area contributed by atoms with Crippen molar-refractivity contribution < 1.29 is 13.2 Å². The zero-order valence-electron chi connectivity index (χ0n) is 14.3. The van der Waals surface area contributed by atoms with Crippen LogP contribution < -0.4 is 10.1 Å². The first-order chi connectivity index (χ1) is 11.8. The minimum absolute atomic E-state index is 0.188. The third kappa shape index (κ3) is 4.90. The number of carbonyl (C=O) groups is 1. The summed E-state index contributed by atoms with van der Waals surface area (Å²) in [4.78, 5) is 12.4. The van der Waals surface area contributed by atoms with Crippen LogP contribution in [0.5, 0.6) is 0 Å². The summed E-state index contributed by atoms with van der Waals surface area (Å²) in [6, 6.07) is 9.60. The number of hydrogen-bond acceptors (Lipinski definition) is 5. The molecule has 0 saturated heterocycles. The van der Waals surface area contributed by atoms with Crippen molar-refractivity contribution in [1.29, 1.82) is 0 Å². The standard InChI is InChI=1S/C17H21N3O3S2/c1-4-12(2)13(3)18-19-17(21)14-8-5-6-9-15(14)20-25(22,23)16-10-7-11-24-16/h5-12,20H,4H2,1-3H3,(H,19,21)/b18-13-/t12-/m1/s1. The number of para-hydroxylation sites is 1. The molecule has 8 heteroatoms. The van der Waals surface area contributed by atoms with Crippen molar-refractivity contribution in [3.63, 3.8) is 0 Å². The van der Waals surface area contributed by atoms with E-state index in [1.54, 1.807) is 35.7 Å². The van der Waals surface area contributed by atoms with Crippen molar-refractivity contribution in [2.45, 2.75) is 31.4 Å². The summed E-state index contributed by atoms with van der Waals surface area (Å²) in [6.45, 7) is 5.91. The number of benzene rings is 1. The third-order valence-electron chi connectivity index (χ3n) is 3.84. The lowest BCUT2D eigenvalue weighted by Crippen LogP contribution is -2.23. The molecule has 1 atom stereocenters. The minimum Gasteiger partial charge on any atom is -0.278 e. The molecular weight excluding hydrogens is 358 g/mol. The number of anilines is 1. The average Bonchev–Trinajstić information content (AvgIpc) is 3.14. The van der Waals surface area contributed by atoms with Crippen molar-refractivity contribution >= 4 is 38.7 Å². The van der Waals surface area contributed by atoms with Crippen LogP contribution in [0.15, 0.2) is 51.1 Å². The van der Waals surface area contributed by atoms with Crippen LogP contribution in [0.2, 0.25) is 0 Å². The molecule has 6 nitrogen and oxygen atoms in total. The van der Waals surface area contributed by atoms with Gasteiger partial charge < -0.3 is 0 Å². The van der Waals surface area contributed by atoms with Crippen LogP contribution in [-0.2, 0) is 10.0 Å². The molecule has 0 bridgehead atoms. The van der Waals surface area contributed by atoms with Crippen LogP contribution in [0.3, 0.4) is 0 Å². The van der Waals surface area contributed by atoms with Crippen LogP contribution in [0, 0.1) is 5.92 Å². The Morgan fingerprint density at radius 2 is 1.96 bits per heavy atom. The zero-order valence-corrected chi connectivity index (χ0v) is 15.9. The lowest BCUT2D eigenvalue weighted by atomic mass is 10.1. The average molecular weight is 380 g/mol. The van der Waals surface area contributed by atoms with Gasteiger partial charge in [-0.2, -0.15) is 5.10 Å². The fourth-order valence-corrected chi connectivity index (χ4v) is 4.06. The van der Waals surface area contributed by atoms with E-state index in [0.29, 0.717) is 0 Å². The van der Waals surface area contributed by atoms with E-state index >= 15 is 0 Å². The predicted molar refractivity (Wildman–Crippen MR) is 102 cm³/mol. The molecule has 2 N–H and O–H groups in total. The Morgan fingerprint density at radius 1 is 1.24 bits per heavy atom. The summed E-state index contributed by atoms with van der Waals surface area (Å²) >= 11 is 1.11. The Hall–Kier alpha value is -2.19. The molecule has 0 aliphatic rings. The second-order valence-corrected chi connectivity index (χ2v) is 8.44. The molecule has 2 rings (SSSR count). The second-order valence-electron chi connectivity index (χ2n) is 5.59. The van der Waals surface area contributed by atoms with Gasteiger partial charge in [-0.1, -0.05) is 32.0 Å². The maximum atomic E-state index is 12.4. The van der Waals surface area contributed by atoms with Crippen molar-refractivity contribution in [2.75, 3.05) is 4.72 Å². The van der Waals surface area contributed by atoms with Gasteiger partial charge in [-0.3, -0.25) is 9.52 Å². The summed E-state index contributed by atoms with van der Waals surface area (Å²) < 4.78 is 27.4. The Morgan fingerprint density at radius 3 is 2.60 bits per heavy atom. The van der Waals surface area contributed by atoms with Crippen molar-refractivity contribution in [3.05, 3.63) is 47.3 Å². The topological polar surface area (TPSA) is 87.6 Å². The van der Waals surface area contributed by atoms with Gasteiger partial charge in [0, 0.05) is 5.71 Å². The molecule has 1 heterocycles. The van der Waals surface area contributed by atoms with Crippen LogP contribution in [0.1, 0.15) is 37.6 Å². The molecule has 1 aromatic heterocycles. The summed E-state index contributed by atoms with van der Waals surface area (Å²) in [5.41, 5.74) is 3.73. The maximum Gasteiger partial charge on any atom is 0.273 e. The number of amides is 1. The summed E-state index contributed by atoms with van der Waals surface area (Å²) in [6.07, 6.45) is 0.919. The Bertz CT molecular complexity index is 859. The van der Waals surface area contributed by atoms with Gasteiger partial charge in [0.25, 0.3) is 15.9 Å². The molecule has 0 saturated carbocycles. The van der Waals surface area contributed by atoms with E-state index < -0.39 is 15.9 Å². The van der Waals surface area contributed by atoms with Crippen LogP contribution in [-0.4, -0.2) is 20.0 Å². The Labute approximate surface area is 152 Å². The summed E-state index contributed by atoms with van der Waals surface area (Å²) in [5, 5.41) is 5.78. The molecule has 0 aliphatic carbocycles. The van der Waals surface area contributed by atoms with E-state index in [4.69, 9.17) is 0 Å². The molecule has 0 radical (unpaired) electrons. The smallest absolute Gasteiger partial charge is 0.273 e. The highest BCUT2D eigenvalue weighted by Crippen LogP contribution is 2.22. The van der Waals surface area contributed by atoms with E-state index in [-0.39, 0.29) is 21.4 Å². The van der Waals surface area contributed by atoms with Gasteiger partial charge >= 0.3 is 0 Å². The van der Waals surface area contributed by atoms with Gasteiger partial charge in [0.2, 0.25) is 0 Å². The van der Waals surface area contributed by atoms with E-state index in [0.717, 1.165) is 23.5 Å². The highest BCUT2D eigenvalue weighted by Gasteiger charge is 2.19. The van der Waals surface area contributed by atoms with Gasteiger partial charge in [-0.05, 0) is 42.8 Å². The molecule has 0 unspecified atom stereocenters. The number of rotatable bonds is 7. The van der Waals surface area contributed by atoms with Gasteiger partial charge in [0.1, 0.15) is 4.21 Å². The zero-order chi connectivity index (χ0) is 18.4. The molecule has 0 spiro atoms. The van der Waals surface area contributed by atoms with Crippen LogP contribution in [0.25, 0.3) is 0 Å². The number of nitrogens with zero attached hydrogens (tertiary/aromatic N) is 1. The van der Waals surface area contributed by atoms with Gasteiger partial charge in [-0.25, -0.2) is 13.8 Å². The SMILES string of the molecule is CC[C@@H](C)/C(C)=N\NC(=O)c1ccccc1NS(=O)(=O)c1cccs1. The molecule has 134 valence electrons. The summed E-state index contributed by atoms with van der Waals surface area (Å²) in [5.74, 6) is -0.208. The van der Waals surface area contributed by atoms with Crippen LogP contribution >= 0.6 is 11.3 Å². The molecule has 25 heavy (non-hydrogen) atoms. The first kappa shape index (κ1) is 19.1. The quantitative estimate of drug-likeness (QED) is 0.568. The van der Waals surface area contributed by atoms with Gasteiger partial charge in [-0.15, -0.1) is 11.3 Å². The maximum absolute atomic E-state index is 12.4. The van der Waals surface area contributed by atoms with Crippen molar-refractivity contribution in [3.8, 4) is 0 Å². The molecule has 2 aromatic rings. The summed E-state index contributed by atoms with van der Waals surface area (Å²) in [7, 11) is -3.72. The van der Waals surface area contributed by atoms with Crippen LogP contribution in [0.4, 0.5) is 5.69 Å². The first-order valence-corrected chi connectivity index (χ1v) is 10.2. The fourth-order valence-electron chi connectivity index (χ4n) is 1.99. The molecule has 0 aliphatic heterocycles. The second kappa shape index (κ2) is 8.26. The van der Waals surface area contributed by atoms with Crippen molar-refractivity contribution in [1.82, 2.24) is 5.43 Å². The first-order valence-electron chi connectivity index (χ1n) is 7.85. The normalized spacial score (nSPS) is 13.3. The number of carbonyl (C=O) groups excluding carboxylic acids is 1. The Balaban J connectivity index is 2.22. The van der Waals surface area contributed by atoms with Gasteiger partial charge in [0.15, 0.2) is 0 Å². The van der Waals surface area contributed by atoms with Crippen molar-refractivity contribution in [2.24, 2.45) is 11.0 Å². The highest BCUT2D eigenvalue weighted by molar-refractivity contribution is 7.94. The van der Waals surface area contributed by atoms with E-state index in [1.807, 2.05) is 20.8 Å². The lowest BCUT2D eigenvalue weighted by molar-refractivity contribution is 0.0955. The number of nitrogens with one attached hydrogen (secondary N) is 2. The lowest BCUT2D eigenvalue weighted by Gasteiger charge is -2.12. The number of hydrogen-bond donors (Lipinski definition) is 2. The number of thiophene rings is 1. The molecule has 0 fully saturated rings. The molecular formula is C17H21N3O3S2. The monoisotopic (exact) mass is 379 g/mol. The minimum atomic E-state index is -3.72. The number of hydrazone groups is 1.